The van der Waals surface area contributed by atoms with Crippen LogP contribution in [-0.2, 0) is 24.4 Å². The topological polar surface area (TPSA) is 63.1 Å². The number of carbonyl (C=O) groups is 1. The van der Waals surface area contributed by atoms with Crippen LogP contribution in [-0.4, -0.2) is 44.4 Å². The van der Waals surface area contributed by atoms with Crippen LogP contribution in [0.4, 0.5) is 0 Å². The molecule has 180 valence electrons. The number of hydrogen-bond acceptors (Lipinski definition) is 5. The molecule has 1 aliphatic heterocycles. The second-order valence-electron chi connectivity index (χ2n) is 9.21. The smallest absolute Gasteiger partial charge is 0.230 e. The number of amides is 1. The zero-order chi connectivity index (χ0) is 23.9. The first-order chi connectivity index (χ1) is 16.5. The van der Waals surface area contributed by atoms with Crippen molar-refractivity contribution in [2.75, 3.05) is 18.8 Å². The van der Waals surface area contributed by atoms with Gasteiger partial charge in [0, 0.05) is 25.2 Å². The molecule has 2 aromatic carbocycles. The maximum Gasteiger partial charge on any atom is 0.230 e. The Morgan fingerprint density at radius 3 is 2.47 bits per heavy atom. The van der Waals surface area contributed by atoms with Gasteiger partial charge in [0.15, 0.2) is 11.0 Å². The van der Waals surface area contributed by atoms with Gasteiger partial charge in [-0.1, -0.05) is 67.2 Å². The first kappa shape index (κ1) is 24.5. The van der Waals surface area contributed by atoms with Crippen molar-refractivity contribution in [1.29, 1.82) is 0 Å². The number of hydrogen-bond donors (Lipinski definition) is 1. The van der Waals surface area contributed by atoms with Crippen LogP contribution in [0.1, 0.15) is 43.4 Å². The van der Waals surface area contributed by atoms with E-state index in [1.807, 2.05) is 12.1 Å². The second-order valence-corrected chi connectivity index (χ2v) is 10.1. The number of aromatic nitrogens is 3. The van der Waals surface area contributed by atoms with Gasteiger partial charge in [-0.2, -0.15) is 0 Å². The van der Waals surface area contributed by atoms with Crippen LogP contribution in [0.25, 0.3) is 11.4 Å². The molecule has 34 heavy (non-hydrogen) atoms. The minimum absolute atomic E-state index is 0.000363. The molecule has 1 aromatic heterocycles. The van der Waals surface area contributed by atoms with Crippen molar-refractivity contribution in [3.8, 4) is 11.4 Å². The number of aryl methyl sites for hydroxylation is 1. The van der Waals surface area contributed by atoms with Crippen molar-refractivity contribution in [2.45, 2.75) is 58.4 Å². The molecule has 0 atom stereocenters. The van der Waals surface area contributed by atoms with Crippen molar-refractivity contribution < 1.29 is 4.79 Å². The van der Waals surface area contributed by atoms with Crippen LogP contribution in [0.3, 0.4) is 0 Å². The highest BCUT2D eigenvalue weighted by atomic mass is 32.2. The summed E-state index contributed by atoms with van der Waals surface area (Å²) in [7, 11) is 0. The Balaban J connectivity index is 1.26. The molecule has 0 spiro atoms. The summed E-state index contributed by atoms with van der Waals surface area (Å²) in [6.07, 6.45) is 2.59. The Morgan fingerprint density at radius 2 is 1.76 bits per heavy atom. The van der Waals surface area contributed by atoms with E-state index >= 15 is 0 Å². The van der Waals surface area contributed by atoms with Crippen molar-refractivity contribution >= 4 is 17.7 Å². The summed E-state index contributed by atoms with van der Waals surface area (Å²) in [6, 6.07) is 16.8. The SMILES string of the molecule is CCn1c(SCC(=O)NCc2ccc(CN3CCC(C)CC3)cc2)nnc1-c1ccccc1C. The van der Waals surface area contributed by atoms with E-state index in [1.165, 1.54) is 43.3 Å². The maximum atomic E-state index is 12.5. The highest BCUT2D eigenvalue weighted by molar-refractivity contribution is 7.99. The van der Waals surface area contributed by atoms with Crippen LogP contribution in [0.15, 0.2) is 53.7 Å². The largest absolute Gasteiger partial charge is 0.351 e. The van der Waals surface area contributed by atoms with Crippen molar-refractivity contribution in [2.24, 2.45) is 5.92 Å². The monoisotopic (exact) mass is 477 g/mol. The molecule has 3 aromatic rings. The van der Waals surface area contributed by atoms with Crippen molar-refractivity contribution in [1.82, 2.24) is 25.0 Å². The van der Waals surface area contributed by atoms with Crippen LogP contribution < -0.4 is 5.32 Å². The van der Waals surface area contributed by atoms with Crippen molar-refractivity contribution in [3.63, 3.8) is 0 Å². The summed E-state index contributed by atoms with van der Waals surface area (Å²) in [6.45, 7) is 11.2. The number of piperidine rings is 1. The fraction of sp³-hybridized carbons (Fsp3) is 0.444. The summed E-state index contributed by atoms with van der Waals surface area (Å²) in [5.41, 5.74) is 4.69. The van der Waals surface area contributed by atoms with Crippen LogP contribution in [0.2, 0.25) is 0 Å². The minimum Gasteiger partial charge on any atom is -0.351 e. The van der Waals surface area contributed by atoms with E-state index < -0.39 is 0 Å². The van der Waals surface area contributed by atoms with Gasteiger partial charge in [-0.15, -0.1) is 10.2 Å². The number of nitrogens with one attached hydrogen (secondary N) is 1. The fourth-order valence-corrected chi connectivity index (χ4v) is 5.16. The maximum absolute atomic E-state index is 12.5. The predicted molar refractivity (Wildman–Crippen MR) is 139 cm³/mol. The van der Waals surface area contributed by atoms with E-state index in [0.29, 0.717) is 12.3 Å². The third-order valence-corrected chi connectivity index (χ3v) is 7.51. The van der Waals surface area contributed by atoms with Gasteiger partial charge < -0.3 is 9.88 Å². The highest BCUT2D eigenvalue weighted by Gasteiger charge is 2.17. The van der Waals surface area contributed by atoms with Crippen LogP contribution in [0, 0.1) is 12.8 Å². The first-order valence-electron chi connectivity index (χ1n) is 12.2. The Kier molecular flexibility index (Phi) is 8.40. The normalized spacial score (nSPS) is 14.9. The molecule has 1 aliphatic rings. The molecule has 1 N–H and O–H groups in total. The summed E-state index contributed by atoms with van der Waals surface area (Å²) in [4.78, 5) is 15.0. The summed E-state index contributed by atoms with van der Waals surface area (Å²) >= 11 is 1.43. The van der Waals surface area contributed by atoms with E-state index in [4.69, 9.17) is 0 Å². The van der Waals surface area contributed by atoms with Gasteiger partial charge in [-0.05, 0) is 62.4 Å². The van der Waals surface area contributed by atoms with Gasteiger partial charge in [0.1, 0.15) is 0 Å². The number of thioether (sulfide) groups is 1. The van der Waals surface area contributed by atoms with Gasteiger partial charge in [0.05, 0.1) is 5.75 Å². The van der Waals surface area contributed by atoms with Crippen molar-refractivity contribution in [3.05, 3.63) is 65.2 Å². The summed E-state index contributed by atoms with van der Waals surface area (Å²) < 4.78 is 2.07. The molecule has 1 amide bonds. The predicted octanol–water partition coefficient (Wildman–Crippen LogP) is 4.91. The lowest BCUT2D eigenvalue weighted by Crippen LogP contribution is -2.32. The number of likely N-dealkylation sites (tertiary alicyclic amines) is 1. The average Bonchev–Trinajstić information content (AvgIpc) is 3.26. The summed E-state index contributed by atoms with van der Waals surface area (Å²) in [5, 5.41) is 12.6. The lowest BCUT2D eigenvalue weighted by Gasteiger charge is -2.30. The third-order valence-electron chi connectivity index (χ3n) is 6.55. The minimum atomic E-state index is -0.000363. The highest BCUT2D eigenvalue weighted by Crippen LogP contribution is 2.26. The Morgan fingerprint density at radius 1 is 1.06 bits per heavy atom. The zero-order valence-corrected chi connectivity index (χ0v) is 21.3. The molecule has 2 heterocycles. The fourth-order valence-electron chi connectivity index (χ4n) is 4.33. The van der Waals surface area contributed by atoms with Gasteiger partial charge in [-0.3, -0.25) is 9.69 Å². The first-order valence-corrected chi connectivity index (χ1v) is 13.2. The Bertz CT molecular complexity index is 1090. The molecule has 1 saturated heterocycles. The molecule has 6 nitrogen and oxygen atoms in total. The van der Waals surface area contributed by atoms with E-state index in [2.05, 4.69) is 82.2 Å². The van der Waals surface area contributed by atoms with Crippen LogP contribution >= 0.6 is 11.8 Å². The molecule has 0 aliphatic carbocycles. The number of benzene rings is 2. The average molecular weight is 478 g/mol. The van der Waals surface area contributed by atoms with E-state index in [-0.39, 0.29) is 5.91 Å². The number of rotatable bonds is 9. The van der Waals surface area contributed by atoms with Gasteiger partial charge in [-0.25, -0.2) is 0 Å². The van der Waals surface area contributed by atoms with Gasteiger partial charge in [0.25, 0.3) is 0 Å². The molecule has 0 radical (unpaired) electrons. The molecular formula is C27H35N5OS. The molecule has 0 bridgehead atoms. The molecule has 1 fully saturated rings. The lowest BCUT2D eigenvalue weighted by atomic mass is 9.99. The van der Waals surface area contributed by atoms with Gasteiger partial charge >= 0.3 is 0 Å². The van der Waals surface area contributed by atoms with E-state index in [1.54, 1.807) is 0 Å². The third kappa shape index (κ3) is 6.27. The van der Waals surface area contributed by atoms with E-state index in [9.17, 15) is 4.79 Å². The lowest BCUT2D eigenvalue weighted by molar-refractivity contribution is -0.118. The van der Waals surface area contributed by atoms with Crippen LogP contribution in [0.5, 0.6) is 0 Å². The molecular weight excluding hydrogens is 442 g/mol. The Labute approximate surface area is 207 Å². The zero-order valence-electron chi connectivity index (χ0n) is 20.5. The molecule has 7 heteroatoms. The van der Waals surface area contributed by atoms with E-state index in [0.717, 1.165) is 46.7 Å². The number of nitrogens with zero attached hydrogens (tertiary/aromatic N) is 4. The summed E-state index contributed by atoms with van der Waals surface area (Å²) in [5.74, 6) is 2.02. The number of carbonyl (C=O) groups excluding carboxylic acids is 1. The van der Waals surface area contributed by atoms with Gasteiger partial charge in [0.2, 0.25) is 5.91 Å². The Hall–Kier alpha value is -2.64. The molecule has 0 unspecified atom stereocenters. The molecule has 0 saturated carbocycles. The standard InChI is InChI=1S/C27H35N5OS/c1-4-32-26(24-8-6-5-7-21(24)3)29-30-27(32)34-19-25(33)28-17-22-9-11-23(12-10-22)18-31-15-13-20(2)14-16-31/h5-12,20H,4,13-19H2,1-3H3,(H,28,33). The quantitative estimate of drug-likeness (QED) is 0.444. The second kappa shape index (κ2) is 11.7. The molecule has 4 rings (SSSR count).